The number of hydrogen-bond acceptors (Lipinski definition) is 3. The fourth-order valence-corrected chi connectivity index (χ4v) is 4.59. The molecule has 1 aliphatic carbocycles. The number of hydrogen-bond donors (Lipinski definition) is 1. The van der Waals surface area contributed by atoms with Gasteiger partial charge in [-0.15, -0.1) is 0 Å². The highest BCUT2D eigenvalue weighted by Crippen LogP contribution is 2.38. The van der Waals surface area contributed by atoms with Gasteiger partial charge in [-0.25, -0.2) is 0 Å². The molecule has 2 aliphatic heterocycles. The summed E-state index contributed by atoms with van der Waals surface area (Å²) in [4.78, 5) is 14.8. The average Bonchev–Trinajstić information content (AvgIpc) is 3.23. The van der Waals surface area contributed by atoms with Crippen LogP contribution in [0.4, 0.5) is 0 Å². The SMILES string of the molecule is O=C1NCCC[C@]12CCN(Cc1ccccc1OC1CCCC1)C2. The van der Waals surface area contributed by atoms with E-state index in [1.54, 1.807) is 0 Å². The zero-order chi connectivity index (χ0) is 16.4. The molecule has 1 aromatic rings. The molecule has 4 rings (SSSR count). The number of amides is 1. The molecule has 1 atom stereocenters. The second-order valence-corrected chi connectivity index (χ2v) is 7.73. The first kappa shape index (κ1) is 15.9. The molecular weight excluding hydrogens is 300 g/mol. The van der Waals surface area contributed by atoms with Crippen LogP contribution in [0.3, 0.4) is 0 Å². The first-order valence-corrected chi connectivity index (χ1v) is 9.50. The zero-order valence-electron chi connectivity index (χ0n) is 14.4. The van der Waals surface area contributed by atoms with Crippen LogP contribution >= 0.6 is 0 Å². The molecule has 0 aromatic heterocycles. The van der Waals surface area contributed by atoms with E-state index in [9.17, 15) is 4.79 Å². The topological polar surface area (TPSA) is 41.6 Å². The Labute approximate surface area is 144 Å². The molecule has 4 heteroatoms. The first-order chi connectivity index (χ1) is 11.8. The number of carbonyl (C=O) groups excluding carboxylic acids is 1. The lowest BCUT2D eigenvalue weighted by atomic mass is 9.79. The molecule has 4 nitrogen and oxygen atoms in total. The molecule has 1 aromatic carbocycles. The summed E-state index contributed by atoms with van der Waals surface area (Å²) in [5.41, 5.74) is 1.12. The van der Waals surface area contributed by atoms with E-state index >= 15 is 0 Å². The molecule has 0 unspecified atom stereocenters. The summed E-state index contributed by atoms with van der Waals surface area (Å²) in [6.45, 7) is 3.62. The van der Waals surface area contributed by atoms with Crippen LogP contribution < -0.4 is 10.1 Å². The van der Waals surface area contributed by atoms with E-state index in [1.165, 1.54) is 31.2 Å². The number of nitrogens with zero attached hydrogens (tertiary/aromatic N) is 1. The Bertz CT molecular complexity index is 597. The van der Waals surface area contributed by atoms with Crippen LogP contribution in [0.5, 0.6) is 5.75 Å². The lowest BCUT2D eigenvalue weighted by Gasteiger charge is -2.32. The van der Waals surface area contributed by atoms with Crippen molar-refractivity contribution >= 4 is 5.91 Å². The van der Waals surface area contributed by atoms with E-state index < -0.39 is 0 Å². The molecule has 2 saturated heterocycles. The second-order valence-electron chi connectivity index (χ2n) is 7.73. The number of carbonyl (C=O) groups is 1. The van der Waals surface area contributed by atoms with Crippen LogP contribution in [-0.4, -0.2) is 36.5 Å². The maximum Gasteiger partial charge on any atom is 0.227 e. The van der Waals surface area contributed by atoms with Gasteiger partial charge in [0, 0.05) is 25.2 Å². The van der Waals surface area contributed by atoms with E-state index in [1.807, 2.05) is 0 Å². The van der Waals surface area contributed by atoms with Gasteiger partial charge in [-0.3, -0.25) is 9.69 Å². The maximum atomic E-state index is 12.4. The summed E-state index contributed by atoms with van der Waals surface area (Å²) >= 11 is 0. The van der Waals surface area contributed by atoms with Crippen LogP contribution in [0.2, 0.25) is 0 Å². The Hall–Kier alpha value is -1.55. The van der Waals surface area contributed by atoms with Crippen LogP contribution in [0.15, 0.2) is 24.3 Å². The van der Waals surface area contributed by atoms with Crippen molar-refractivity contribution in [2.24, 2.45) is 5.41 Å². The molecule has 130 valence electrons. The molecule has 1 N–H and O–H groups in total. The predicted molar refractivity (Wildman–Crippen MR) is 93.9 cm³/mol. The first-order valence-electron chi connectivity index (χ1n) is 9.50. The molecule has 24 heavy (non-hydrogen) atoms. The van der Waals surface area contributed by atoms with Crippen molar-refractivity contribution < 1.29 is 9.53 Å². The van der Waals surface area contributed by atoms with E-state index in [2.05, 4.69) is 34.5 Å². The van der Waals surface area contributed by atoms with Crippen molar-refractivity contribution in [2.45, 2.75) is 57.6 Å². The predicted octanol–water partition coefficient (Wildman–Crippen LogP) is 3.11. The second kappa shape index (κ2) is 6.75. The van der Waals surface area contributed by atoms with Crippen molar-refractivity contribution in [3.63, 3.8) is 0 Å². The molecule has 2 heterocycles. The minimum absolute atomic E-state index is 0.139. The number of rotatable bonds is 4. The number of piperidine rings is 1. The van der Waals surface area contributed by atoms with Crippen molar-refractivity contribution in [3.8, 4) is 5.75 Å². The minimum atomic E-state index is -0.139. The van der Waals surface area contributed by atoms with E-state index in [0.29, 0.717) is 6.10 Å². The van der Waals surface area contributed by atoms with Gasteiger partial charge in [0.25, 0.3) is 0 Å². The van der Waals surface area contributed by atoms with Gasteiger partial charge in [-0.1, -0.05) is 18.2 Å². The third-order valence-corrected chi connectivity index (χ3v) is 5.99. The van der Waals surface area contributed by atoms with Crippen LogP contribution in [0.25, 0.3) is 0 Å². The maximum absolute atomic E-state index is 12.4. The summed E-state index contributed by atoms with van der Waals surface area (Å²) in [5, 5.41) is 3.07. The largest absolute Gasteiger partial charge is 0.490 e. The monoisotopic (exact) mass is 328 g/mol. The van der Waals surface area contributed by atoms with Crippen LogP contribution in [-0.2, 0) is 11.3 Å². The Morgan fingerprint density at radius 3 is 2.83 bits per heavy atom. The highest BCUT2D eigenvalue weighted by atomic mass is 16.5. The summed E-state index contributed by atoms with van der Waals surface area (Å²) in [6, 6.07) is 8.44. The van der Waals surface area contributed by atoms with Gasteiger partial charge >= 0.3 is 0 Å². The fraction of sp³-hybridized carbons (Fsp3) is 0.650. The third kappa shape index (κ3) is 3.16. The van der Waals surface area contributed by atoms with Gasteiger partial charge in [-0.2, -0.15) is 0 Å². The highest BCUT2D eigenvalue weighted by Gasteiger charge is 2.45. The summed E-state index contributed by atoms with van der Waals surface area (Å²) < 4.78 is 6.27. The van der Waals surface area contributed by atoms with Gasteiger partial charge in [0.2, 0.25) is 5.91 Å². The minimum Gasteiger partial charge on any atom is -0.490 e. The Kier molecular flexibility index (Phi) is 4.49. The molecule has 1 amide bonds. The number of benzene rings is 1. The quantitative estimate of drug-likeness (QED) is 0.923. The molecule has 0 bridgehead atoms. The summed E-state index contributed by atoms with van der Waals surface area (Å²) in [7, 11) is 0. The molecule has 3 fully saturated rings. The number of ether oxygens (including phenoxy) is 1. The standard InChI is InChI=1S/C20H28N2O2/c23-19-20(10-5-12-21-19)11-13-22(15-20)14-16-6-1-4-9-18(16)24-17-7-2-3-8-17/h1,4,6,9,17H,2-3,5,7-8,10-15H2,(H,21,23)/t20-/m1/s1. The van der Waals surface area contributed by atoms with Gasteiger partial charge in [0.1, 0.15) is 5.75 Å². The molecule has 1 spiro atoms. The smallest absolute Gasteiger partial charge is 0.227 e. The number of nitrogens with one attached hydrogen (secondary N) is 1. The Morgan fingerprint density at radius 1 is 1.17 bits per heavy atom. The summed E-state index contributed by atoms with van der Waals surface area (Å²) in [6.07, 6.45) is 8.47. The summed E-state index contributed by atoms with van der Waals surface area (Å²) in [5.74, 6) is 1.31. The van der Waals surface area contributed by atoms with E-state index in [-0.39, 0.29) is 11.3 Å². The highest BCUT2D eigenvalue weighted by molar-refractivity contribution is 5.84. The zero-order valence-corrected chi connectivity index (χ0v) is 14.4. The fourth-order valence-electron chi connectivity index (χ4n) is 4.59. The third-order valence-electron chi connectivity index (χ3n) is 5.99. The van der Waals surface area contributed by atoms with Crippen molar-refractivity contribution in [3.05, 3.63) is 29.8 Å². The Morgan fingerprint density at radius 2 is 2.00 bits per heavy atom. The lowest BCUT2D eigenvalue weighted by Crippen LogP contribution is -2.47. The molecule has 3 aliphatic rings. The van der Waals surface area contributed by atoms with Gasteiger partial charge < -0.3 is 10.1 Å². The van der Waals surface area contributed by atoms with Gasteiger partial charge in [0.15, 0.2) is 0 Å². The molecule has 0 radical (unpaired) electrons. The van der Waals surface area contributed by atoms with Crippen molar-refractivity contribution in [1.82, 2.24) is 10.2 Å². The normalized spacial score (nSPS) is 28.4. The van der Waals surface area contributed by atoms with Crippen LogP contribution in [0.1, 0.15) is 50.5 Å². The lowest BCUT2D eigenvalue weighted by molar-refractivity contribution is -0.132. The average molecular weight is 328 g/mol. The molecule has 1 saturated carbocycles. The van der Waals surface area contributed by atoms with E-state index in [0.717, 1.165) is 51.2 Å². The number of para-hydroxylation sites is 1. The van der Waals surface area contributed by atoms with Gasteiger partial charge in [0.05, 0.1) is 11.5 Å². The van der Waals surface area contributed by atoms with E-state index in [4.69, 9.17) is 4.74 Å². The molecular formula is C20H28N2O2. The van der Waals surface area contributed by atoms with Gasteiger partial charge in [-0.05, 0) is 57.6 Å². The Balaban J connectivity index is 1.43. The van der Waals surface area contributed by atoms with Crippen LogP contribution in [0, 0.1) is 5.41 Å². The number of likely N-dealkylation sites (tertiary alicyclic amines) is 1. The van der Waals surface area contributed by atoms with Crippen molar-refractivity contribution in [2.75, 3.05) is 19.6 Å². The van der Waals surface area contributed by atoms with Crippen molar-refractivity contribution in [1.29, 1.82) is 0 Å².